The Kier molecular flexibility index (Phi) is 25.3. The first-order valence-electron chi connectivity index (χ1n) is 14.0. The van der Waals surface area contributed by atoms with Crippen LogP contribution in [0.15, 0.2) is 0 Å². The van der Waals surface area contributed by atoms with E-state index in [1.165, 1.54) is 89.9 Å². The minimum Gasteiger partial charge on any atom is -0.395 e. The standard InChI is InChI=1S/C27H58N2O3/c1-3-5-7-9-11-12-14-17-27(18-16-19-28(21-24-30)22-25-31)29(23-26-32)20-15-13-10-8-6-4-2/h27,30-32H,3-26H2,1-2H3. The Morgan fingerprint density at radius 3 is 1.47 bits per heavy atom. The van der Waals surface area contributed by atoms with Gasteiger partial charge < -0.3 is 15.3 Å². The summed E-state index contributed by atoms with van der Waals surface area (Å²) in [7, 11) is 0. The number of nitrogens with zero attached hydrogens (tertiary/aromatic N) is 2. The molecule has 32 heavy (non-hydrogen) atoms. The minimum absolute atomic E-state index is 0.149. The predicted octanol–water partition coefficient (Wildman–Crippen LogP) is 5.22. The van der Waals surface area contributed by atoms with Crippen molar-refractivity contribution in [2.45, 2.75) is 123 Å². The van der Waals surface area contributed by atoms with Gasteiger partial charge in [0.2, 0.25) is 0 Å². The van der Waals surface area contributed by atoms with Gasteiger partial charge in [0, 0.05) is 25.7 Å². The average molecular weight is 459 g/mol. The van der Waals surface area contributed by atoms with Crippen molar-refractivity contribution in [2.75, 3.05) is 52.5 Å². The second-order valence-electron chi connectivity index (χ2n) is 9.52. The Hall–Kier alpha value is -0.200. The summed E-state index contributed by atoms with van der Waals surface area (Å²) in [4.78, 5) is 4.72. The first kappa shape index (κ1) is 31.8. The second kappa shape index (κ2) is 25.4. The van der Waals surface area contributed by atoms with Crippen molar-refractivity contribution in [3.8, 4) is 0 Å². The van der Waals surface area contributed by atoms with Crippen LogP contribution >= 0.6 is 0 Å². The van der Waals surface area contributed by atoms with Crippen molar-refractivity contribution in [3.63, 3.8) is 0 Å². The summed E-state index contributed by atoms with van der Waals surface area (Å²) in [6.45, 7) is 9.17. The molecule has 3 N–H and O–H groups in total. The minimum atomic E-state index is 0.149. The highest BCUT2D eigenvalue weighted by Crippen LogP contribution is 2.18. The van der Waals surface area contributed by atoms with Crippen LogP contribution in [0.25, 0.3) is 0 Å². The zero-order chi connectivity index (χ0) is 23.7. The summed E-state index contributed by atoms with van der Waals surface area (Å²) in [6.07, 6.45) is 20.7. The van der Waals surface area contributed by atoms with Crippen molar-refractivity contribution >= 4 is 0 Å². The molecule has 0 radical (unpaired) electrons. The lowest BCUT2D eigenvalue weighted by Gasteiger charge is -2.32. The third kappa shape index (κ3) is 19.3. The predicted molar refractivity (Wildman–Crippen MR) is 138 cm³/mol. The lowest BCUT2D eigenvalue weighted by Crippen LogP contribution is -2.39. The van der Waals surface area contributed by atoms with Crippen LogP contribution in [0.2, 0.25) is 0 Å². The van der Waals surface area contributed by atoms with Gasteiger partial charge in [-0.25, -0.2) is 0 Å². The molecule has 0 spiro atoms. The Bertz CT molecular complexity index is 352. The van der Waals surface area contributed by atoms with Gasteiger partial charge in [0.15, 0.2) is 0 Å². The maximum Gasteiger partial charge on any atom is 0.0558 e. The highest BCUT2D eigenvalue weighted by atomic mass is 16.3. The molecule has 5 heteroatoms. The zero-order valence-corrected chi connectivity index (χ0v) is 21.8. The molecule has 0 bridgehead atoms. The Morgan fingerprint density at radius 2 is 0.938 bits per heavy atom. The van der Waals surface area contributed by atoms with Crippen LogP contribution in [0.1, 0.15) is 117 Å². The molecule has 0 saturated carbocycles. The summed E-state index contributed by atoms with van der Waals surface area (Å²) in [5, 5.41) is 28.2. The maximum absolute atomic E-state index is 9.70. The third-order valence-electron chi connectivity index (χ3n) is 6.69. The molecule has 5 nitrogen and oxygen atoms in total. The van der Waals surface area contributed by atoms with E-state index in [1.54, 1.807) is 0 Å². The van der Waals surface area contributed by atoms with Crippen molar-refractivity contribution in [2.24, 2.45) is 0 Å². The van der Waals surface area contributed by atoms with Gasteiger partial charge in [-0.3, -0.25) is 9.80 Å². The Labute approximate surface area is 200 Å². The second-order valence-corrected chi connectivity index (χ2v) is 9.52. The van der Waals surface area contributed by atoms with E-state index in [4.69, 9.17) is 0 Å². The van der Waals surface area contributed by atoms with Gasteiger partial charge in [0.05, 0.1) is 19.8 Å². The van der Waals surface area contributed by atoms with Gasteiger partial charge in [-0.1, -0.05) is 90.9 Å². The number of rotatable bonds is 26. The van der Waals surface area contributed by atoms with E-state index >= 15 is 0 Å². The van der Waals surface area contributed by atoms with Crippen molar-refractivity contribution in [3.05, 3.63) is 0 Å². The van der Waals surface area contributed by atoms with Crippen LogP contribution in [-0.2, 0) is 0 Å². The van der Waals surface area contributed by atoms with Gasteiger partial charge in [-0.15, -0.1) is 0 Å². The van der Waals surface area contributed by atoms with Gasteiger partial charge in [-0.05, 0) is 38.8 Å². The molecule has 0 rings (SSSR count). The third-order valence-corrected chi connectivity index (χ3v) is 6.69. The van der Waals surface area contributed by atoms with E-state index in [1.807, 2.05) is 0 Å². The number of hydrogen-bond donors (Lipinski definition) is 3. The van der Waals surface area contributed by atoms with E-state index in [0.29, 0.717) is 19.1 Å². The Morgan fingerprint density at radius 1 is 0.469 bits per heavy atom. The number of unbranched alkanes of at least 4 members (excludes halogenated alkanes) is 11. The van der Waals surface area contributed by atoms with Crippen LogP contribution in [0.5, 0.6) is 0 Å². The molecule has 0 heterocycles. The molecule has 194 valence electrons. The number of aliphatic hydroxyl groups is 3. The van der Waals surface area contributed by atoms with Crippen LogP contribution in [0, 0.1) is 0 Å². The van der Waals surface area contributed by atoms with E-state index in [9.17, 15) is 15.3 Å². The topological polar surface area (TPSA) is 67.2 Å². The highest BCUT2D eigenvalue weighted by molar-refractivity contribution is 4.74. The van der Waals surface area contributed by atoms with Gasteiger partial charge in [0.25, 0.3) is 0 Å². The first-order valence-corrected chi connectivity index (χ1v) is 14.0. The van der Waals surface area contributed by atoms with Crippen molar-refractivity contribution < 1.29 is 15.3 Å². The summed E-state index contributed by atoms with van der Waals surface area (Å²) in [5.74, 6) is 0. The molecule has 0 fully saturated rings. The largest absolute Gasteiger partial charge is 0.395 e. The summed E-state index contributed by atoms with van der Waals surface area (Å²) >= 11 is 0. The molecule has 0 aliphatic heterocycles. The van der Waals surface area contributed by atoms with Gasteiger partial charge in [-0.2, -0.15) is 0 Å². The lowest BCUT2D eigenvalue weighted by molar-refractivity contribution is 0.122. The number of hydrogen-bond acceptors (Lipinski definition) is 5. The molecule has 0 aromatic rings. The molecule has 0 aliphatic rings. The highest BCUT2D eigenvalue weighted by Gasteiger charge is 2.18. The summed E-state index contributed by atoms with van der Waals surface area (Å²) in [6, 6.07) is 0.540. The fourth-order valence-electron chi connectivity index (χ4n) is 4.72. The van der Waals surface area contributed by atoms with Crippen LogP contribution in [-0.4, -0.2) is 83.7 Å². The van der Waals surface area contributed by atoms with Gasteiger partial charge >= 0.3 is 0 Å². The molecule has 0 saturated heterocycles. The lowest BCUT2D eigenvalue weighted by atomic mass is 9.99. The van der Waals surface area contributed by atoms with E-state index in [-0.39, 0.29) is 19.8 Å². The monoisotopic (exact) mass is 458 g/mol. The number of aliphatic hydroxyl groups excluding tert-OH is 3. The maximum atomic E-state index is 9.70. The molecule has 0 aromatic heterocycles. The van der Waals surface area contributed by atoms with E-state index in [0.717, 1.165) is 32.5 Å². The molecule has 1 atom stereocenters. The normalized spacial score (nSPS) is 12.8. The van der Waals surface area contributed by atoms with Crippen LogP contribution < -0.4 is 0 Å². The molecule has 1 unspecified atom stereocenters. The molecule has 0 aliphatic carbocycles. The molecule has 0 amide bonds. The first-order chi connectivity index (χ1) is 15.7. The smallest absolute Gasteiger partial charge is 0.0558 e. The van der Waals surface area contributed by atoms with Crippen LogP contribution in [0.4, 0.5) is 0 Å². The van der Waals surface area contributed by atoms with E-state index in [2.05, 4.69) is 23.6 Å². The summed E-state index contributed by atoms with van der Waals surface area (Å²) < 4.78 is 0. The quantitative estimate of drug-likeness (QED) is 0.155. The summed E-state index contributed by atoms with van der Waals surface area (Å²) in [5.41, 5.74) is 0. The van der Waals surface area contributed by atoms with E-state index < -0.39 is 0 Å². The zero-order valence-electron chi connectivity index (χ0n) is 21.8. The molecule has 0 aromatic carbocycles. The average Bonchev–Trinajstić information content (AvgIpc) is 2.79. The molecular weight excluding hydrogens is 400 g/mol. The Balaban J connectivity index is 4.59. The fourth-order valence-corrected chi connectivity index (χ4v) is 4.72. The van der Waals surface area contributed by atoms with Crippen molar-refractivity contribution in [1.82, 2.24) is 9.80 Å². The fraction of sp³-hybridized carbons (Fsp3) is 1.00. The molecular formula is C27H58N2O3. The van der Waals surface area contributed by atoms with Crippen molar-refractivity contribution in [1.29, 1.82) is 0 Å². The van der Waals surface area contributed by atoms with Crippen LogP contribution in [0.3, 0.4) is 0 Å². The SMILES string of the molecule is CCCCCCCCCC(CCCN(CCO)CCO)N(CCO)CCCCCCCC. The van der Waals surface area contributed by atoms with Gasteiger partial charge in [0.1, 0.15) is 0 Å².